The number of carbonyl (C=O) groups is 3. The molecule has 1 fully saturated rings. The minimum absolute atomic E-state index is 0.144. The van der Waals surface area contributed by atoms with E-state index in [4.69, 9.17) is 9.84 Å². The Morgan fingerprint density at radius 2 is 1.17 bits per heavy atom. The Labute approximate surface area is 257 Å². The number of hydrogen-bond acceptors (Lipinski definition) is 4. The zero-order valence-corrected chi connectivity index (χ0v) is 27.3. The highest BCUT2D eigenvalue weighted by Gasteiger charge is 2.39. The van der Waals surface area contributed by atoms with Crippen LogP contribution in [0.25, 0.3) is 0 Å². The van der Waals surface area contributed by atoms with Gasteiger partial charge in [0.2, 0.25) is 0 Å². The van der Waals surface area contributed by atoms with E-state index in [9.17, 15) is 14.4 Å². The molecule has 0 aromatic heterocycles. The number of benzene rings is 1. The first-order chi connectivity index (χ1) is 20.4. The van der Waals surface area contributed by atoms with Gasteiger partial charge in [-0.05, 0) is 38.8 Å². The van der Waals surface area contributed by atoms with Crippen molar-refractivity contribution < 1.29 is 24.2 Å². The van der Waals surface area contributed by atoms with Crippen molar-refractivity contribution in [2.45, 2.75) is 150 Å². The Kier molecular flexibility index (Phi) is 27.1. The van der Waals surface area contributed by atoms with Gasteiger partial charge in [-0.15, -0.1) is 0 Å². The van der Waals surface area contributed by atoms with Crippen LogP contribution in [0.15, 0.2) is 30.3 Å². The molecular formula is C35H62N2O5. The molecule has 2 amide bonds. The van der Waals surface area contributed by atoms with Crippen molar-refractivity contribution in [3.8, 4) is 0 Å². The average Bonchev–Trinajstić information content (AvgIpc) is 3.27. The summed E-state index contributed by atoms with van der Waals surface area (Å²) in [7, 11) is 0. The first-order valence-corrected chi connectivity index (χ1v) is 16.9. The smallest absolute Gasteiger partial charge is 0.303 e. The van der Waals surface area contributed by atoms with Gasteiger partial charge in [-0.3, -0.25) is 19.8 Å². The molecule has 0 radical (unpaired) electrons. The number of amides is 2. The maximum absolute atomic E-state index is 12.1. The van der Waals surface area contributed by atoms with Crippen LogP contribution >= 0.6 is 0 Å². The van der Waals surface area contributed by atoms with Crippen molar-refractivity contribution in [1.82, 2.24) is 5.43 Å². The molecule has 242 valence electrons. The number of ether oxygens (including phenoxy) is 1. The Morgan fingerprint density at radius 1 is 0.714 bits per heavy atom. The fraction of sp³-hybridized carbons (Fsp3) is 0.743. The van der Waals surface area contributed by atoms with Crippen LogP contribution < -0.4 is 10.4 Å². The number of anilines is 1. The molecule has 0 spiro atoms. The second-order valence-electron chi connectivity index (χ2n) is 11.1. The van der Waals surface area contributed by atoms with Gasteiger partial charge in [-0.2, -0.15) is 0 Å². The molecule has 2 rings (SSSR count). The molecule has 7 heteroatoms. The van der Waals surface area contributed by atoms with Gasteiger partial charge in [0.1, 0.15) is 5.92 Å². The van der Waals surface area contributed by atoms with Gasteiger partial charge < -0.3 is 9.84 Å². The highest BCUT2D eigenvalue weighted by atomic mass is 16.5. The van der Waals surface area contributed by atoms with E-state index < -0.39 is 11.9 Å². The van der Waals surface area contributed by atoms with Crippen molar-refractivity contribution in [3.05, 3.63) is 30.3 Å². The second-order valence-corrected chi connectivity index (χ2v) is 11.1. The van der Waals surface area contributed by atoms with Crippen molar-refractivity contribution >= 4 is 23.5 Å². The first-order valence-electron chi connectivity index (χ1n) is 16.9. The maximum atomic E-state index is 12.1. The maximum Gasteiger partial charge on any atom is 0.303 e. The molecule has 1 saturated heterocycles. The number of hydrogen-bond donors (Lipinski definition) is 2. The highest BCUT2D eigenvalue weighted by Crippen LogP contribution is 2.23. The van der Waals surface area contributed by atoms with Crippen LogP contribution in [0.5, 0.6) is 0 Å². The molecule has 1 atom stereocenters. The van der Waals surface area contributed by atoms with Crippen LogP contribution in [-0.4, -0.2) is 36.1 Å². The van der Waals surface area contributed by atoms with Crippen molar-refractivity contribution in [2.24, 2.45) is 5.92 Å². The van der Waals surface area contributed by atoms with E-state index in [0.29, 0.717) is 18.5 Å². The lowest BCUT2D eigenvalue weighted by molar-refractivity contribution is -0.137. The fourth-order valence-electron chi connectivity index (χ4n) is 4.79. The van der Waals surface area contributed by atoms with Gasteiger partial charge in [0.15, 0.2) is 0 Å². The van der Waals surface area contributed by atoms with Crippen LogP contribution in [0.4, 0.5) is 5.69 Å². The molecule has 2 N–H and O–H groups in total. The fourth-order valence-corrected chi connectivity index (χ4v) is 4.79. The molecule has 0 saturated carbocycles. The summed E-state index contributed by atoms with van der Waals surface area (Å²) in [6, 6.07) is 9.17. The van der Waals surface area contributed by atoms with E-state index >= 15 is 0 Å². The second kappa shape index (κ2) is 28.7. The van der Waals surface area contributed by atoms with Crippen LogP contribution in [0.2, 0.25) is 0 Å². The monoisotopic (exact) mass is 590 g/mol. The van der Waals surface area contributed by atoms with E-state index in [1.807, 2.05) is 39.0 Å². The third kappa shape index (κ3) is 21.3. The molecular weight excluding hydrogens is 528 g/mol. The predicted octanol–water partition coefficient (Wildman–Crippen LogP) is 9.25. The quantitative estimate of drug-likeness (QED) is 0.104. The van der Waals surface area contributed by atoms with Gasteiger partial charge in [0.05, 0.1) is 5.69 Å². The standard InChI is InChI=1S/C18H36O2.C13H16N2O2.C4H10O/c1-2-3-4-5-6-7-8-9-10-11-12-13-14-15-16-17-18(19)20;1-2-3-9-11-12(16)14-15(13(11)17)10-7-5-4-6-8-10;1-3-5-4-2/h2-17H2,1H3,(H,19,20);4-8,11H,2-3,9H2,1H3,(H,14,16);3-4H2,1-2H3. The Hall–Kier alpha value is -2.41. The van der Waals surface area contributed by atoms with Crippen LogP contribution in [-0.2, 0) is 19.1 Å². The number of nitrogens with zero attached hydrogens (tertiary/aromatic N) is 1. The molecule has 1 unspecified atom stereocenters. The van der Waals surface area contributed by atoms with Crippen LogP contribution in [0.3, 0.4) is 0 Å². The summed E-state index contributed by atoms with van der Waals surface area (Å²) in [4.78, 5) is 34.1. The number of aliphatic carboxylic acids is 1. The normalized spacial score (nSPS) is 14.1. The van der Waals surface area contributed by atoms with E-state index in [1.54, 1.807) is 12.1 Å². The van der Waals surface area contributed by atoms with Crippen LogP contribution in [0, 0.1) is 5.92 Å². The largest absolute Gasteiger partial charge is 0.481 e. The molecule has 1 heterocycles. The van der Waals surface area contributed by atoms with Crippen molar-refractivity contribution in [1.29, 1.82) is 0 Å². The van der Waals surface area contributed by atoms with Gasteiger partial charge in [-0.1, -0.05) is 135 Å². The summed E-state index contributed by atoms with van der Waals surface area (Å²) in [5.41, 5.74) is 3.34. The predicted molar refractivity (Wildman–Crippen MR) is 174 cm³/mol. The number of hydrazine groups is 1. The van der Waals surface area contributed by atoms with E-state index in [1.165, 1.54) is 88.5 Å². The molecule has 0 aliphatic carbocycles. The molecule has 1 aromatic carbocycles. The number of rotatable bonds is 22. The minimum atomic E-state index is -0.653. The van der Waals surface area contributed by atoms with Gasteiger partial charge in [0, 0.05) is 19.6 Å². The first kappa shape index (κ1) is 39.6. The van der Waals surface area contributed by atoms with Crippen molar-refractivity contribution in [2.75, 3.05) is 18.2 Å². The molecule has 1 aliphatic heterocycles. The van der Waals surface area contributed by atoms with Crippen molar-refractivity contribution in [3.63, 3.8) is 0 Å². The van der Waals surface area contributed by atoms with Crippen LogP contribution in [0.1, 0.15) is 150 Å². The third-order valence-electron chi connectivity index (χ3n) is 7.32. The van der Waals surface area contributed by atoms with E-state index in [0.717, 1.165) is 38.9 Å². The zero-order valence-electron chi connectivity index (χ0n) is 27.3. The molecule has 42 heavy (non-hydrogen) atoms. The van der Waals surface area contributed by atoms with Gasteiger partial charge in [0.25, 0.3) is 11.8 Å². The van der Waals surface area contributed by atoms with Gasteiger partial charge in [-0.25, -0.2) is 5.01 Å². The molecule has 0 bridgehead atoms. The molecule has 7 nitrogen and oxygen atoms in total. The number of unbranched alkanes of at least 4 members (excludes halogenated alkanes) is 15. The summed E-state index contributed by atoms with van der Waals surface area (Å²) in [6.07, 6.45) is 22.7. The lowest BCUT2D eigenvalue weighted by Gasteiger charge is -2.14. The SMILES string of the molecule is CCCCC1C(=O)NN(c2ccccc2)C1=O.CCCCCCCCCCCCCCCCCC(=O)O.CCOCC. The summed E-state index contributed by atoms with van der Waals surface area (Å²) in [6.45, 7) is 9.98. The Morgan fingerprint density at radius 3 is 1.57 bits per heavy atom. The molecule has 1 aliphatic rings. The van der Waals surface area contributed by atoms with E-state index in [-0.39, 0.29) is 11.8 Å². The average molecular weight is 591 g/mol. The lowest BCUT2D eigenvalue weighted by Crippen LogP contribution is -2.35. The molecule has 1 aromatic rings. The van der Waals surface area contributed by atoms with Gasteiger partial charge >= 0.3 is 5.97 Å². The number of para-hydroxylation sites is 1. The lowest BCUT2D eigenvalue weighted by atomic mass is 10.0. The third-order valence-corrected chi connectivity index (χ3v) is 7.32. The Bertz CT molecular complexity index is 785. The zero-order chi connectivity index (χ0) is 31.3. The van der Waals surface area contributed by atoms with E-state index in [2.05, 4.69) is 12.3 Å². The Balaban J connectivity index is 0.000000694. The minimum Gasteiger partial charge on any atom is -0.481 e. The summed E-state index contributed by atoms with van der Waals surface area (Å²) < 4.78 is 4.83. The number of nitrogens with one attached hydrogen (secondary N) is 1. The number of carboxylic acid groups (broad SMARTS) is 1. The number of carboxylic acids is 1. The summed E-state index contributed by atoms with van der Waals surface area (Å²) >= 11 is 0. The highest BCUT2D eigenvalue weighted by molar-refractivity contribution is 6.14. The summed E-state index contributed by atoms with van der Waals surface area (Å²) in [5.74, 6) is -1.50. The number of carbonyl (C=O) groups excluding carboxylic acids is 2. The topological polar surface area (TPSA) is 95.9 Å². The summed E-state index contributed by atoms with van der Waals surface area (Å²) in [5, 5.41) is 9.87.